The zero-order valence-electron chi connectivity index (χ0n) is 4.94. The van der Waals surface area contributed by atoms with Crippen molar-refractivity contribution in [3.8, 4) is 0 Å². The monoisotopic (exact) mass is 145 g/mol. The summed E-state index contributed by atoms with van der Waals surface area (Å²) in [7, 11) is 0. The van der Waals surface area contributed by atoms with Crippen LogP contribution < -0.4 is 11.3 Å². The van der Waals surface area contributed by atoms with Crippen LogP contribution in [0.1, 0.15) is 0 Å². The molecule has 0 aliphatic rings. The Hall–Kier alpha value is -1.23. The second-order valence-electron chi connectivity index (χ2n) is 1.63. The summed E-state index contributed by atoms with van der Waals surface area (Å²) in [5.74, 6) is 3.13. The SMILES string of the molecule is NNc1ncc(F)cc1F. The van der Waals surface area contributed by atoms with Crippen LogP contribution in [0.15, 0.2) is 12.3 Å². The Morgan fingerprint density at radius 1 is 1.50 bits per heavy atom. The van der Waals surface area contributed by atoms with E-state index in [4.69, 9.17) is 5.84 Å². The molecule has 1 aromatic heterocycles. The lowest BCUT2D eigenvalue weighted by atomic mass is 10.4. The molecule has 0 aliphatic carbocycles. The summed E-state index contributed by atoms with van der Waals surface area (Å²) in [4.78, 5) is 3.31. The van der Waals surface area contributed by atoms with E-state index in [1.54, 1.807) is 0 Å². The number of hydrogen-bond acceptors (Lipinski definition) is 3. The van der Waals surface area contributed by atoms with Gasteiger partial charge in [0.1, 0.15) is 5.82 Å². The van der Waals surface area contributed by atoms with E-state index in [1.807, 2.05) is 5.43 Å². The predicted molar refractivity (Wildman–Crippen MR) is 32.0 cm³/mol. The summed E-state index contributed by atoms with van der Waals surface area (Å²) in [6, 6.07) is 0.697. The second-order valence-corrected chi connectivity index (χ2v) is 1.63. The number of nitrogen functional groups attached to an aromatic ring is 1. The lowest BCUT2D eigenvalue weighted by Gasteiger charge is -1.97. The van der Waals surface area contributed by atoms with Crippen molar-refractivity contribution in [2.75, 3.05) is 5.43 Å². The van der Waals surface area contributed by atoms with Gasteiger partial charge in [-0.2, -0.15) is 0 Å². The van der Waals surface area contributed by atoms with Gasteiger partial charge in [0.2, 0.25) is 0 Å². The molecular weight excluding hydrogens is 140 g/mol. The third-order valence-corrected chi connectivity index (χ3v) is 0.945. The molecule has 3 nitrogen and oxygen atoms in total. The Balaban J connectivity index is 3.07. The predicted octanol–water partition coefficient (Wildman–Crippen LogP) is 0.645. The molecule has 0 atom stereocenters. The maximum Gasteiger partial charge on any atom is 0.176 e. The number of aromatic nitrogens is 1. The summed E-state index contributed by atoms with van der Waals surface area (Å²) in [6.07, 6.45) is 0.873. The van der Waals surface area contributed by atoms with Crippen LogP contribution in [-0.4, -0.2) is 4.98 Å². The van der Waals surface area contributed by atoms with Gasteiger partial charge in [-0.05, 0) is 0 Å². The fourth-order valence-electron chi connectivity index (χ4n) is 0.521. The normalized spacial score (nSPS) is 9.50. The molecule has 10 heavy (non-hydrogen) atoms. The zero-order valence-corrected chi connectivity index (χ0v) is 4.94. The average molecular weight is 145 g/mol. The minimum Gasteiger partial charge on any atom is -0.306 e. The first-order chi connectivity index (χ1) is 4.74. The molecule has 0 saturated carbocycles. The van der Waals surface area contributed by atoms with Gasteiger partial charge in [0.25, 0.3) is 0 Å². The minimum absolute atomic E-state index is 0.165. The number of rotatable bonds is 1. The minimum atomic E-state index is -0.803. The van der Waals surface area contributed by atoms with Crippen LogP contribution in [-0.2, 0) is 0 Å². The molecule has 0 aromatic carbocycles. The molecule has 0 radical (unpaired) electrons. The number of nitrogens with two attached hydrogens (primary N) is 1. The number of hydrogen-bond donors (Lipinski definition) is 2. The Labute approximate surface area is 55.8 Å². The molecular formula is C5H5F2N3. The highest BCUT2D eigenvalue weighted by Crippen LogP contribution is 2.08. The second kappa shape index (κ2) is 2.57. The Morgan fingerprint density at radius 3 is 2.70 bits per heavy atom. The van der Waals surface area contributed by atoms with Gasteiger partial charge in [0, 0.05) is 6.07 Å². The average Bonchev–Trinajstić information content (AvgIpc) is 1.88. The third kappa shape index (κ3) is 1.19. The molecule has 0 saturated heterocycles. The van der Waals surface area contributed by atoms with Crippen LogP contribution in [0, 0.1) is 11.6 Å². The van der Waals surface area contributed by atoms with Gasteiger partial charge >= 0.3 is 0 Å². The number of anilines is 1. The van der Waals surface area contributed by atoms with E-state index in [-0.39, 0.29) is 5.82 Å². The number of nitrogens with one attached hydrogen (secondary N) is 1. The fraction of sp³-hybridized carbons (Fsp3) is 0. The smallest absolute Gasteiger partial charge is 0.176 e. The Morgan fingerprint density at radius 2 is 2.20 bits per heavy atom. The quantitative estimate of drug-likeness (QED) is 0.450. The van der Waals surface area contributed by atoms with Crippen molar-refractivity contribution in [2.24, 2.45) is 5.84 Å². The molecule has 0 spiro atoms. The van der Waals surface area contributed by atoms with Crippen LogP contribution in [0.25, 0.3) is 0 Å². The molecule has 0 bridgehead atoms. The molecule has 0 aliphatic heterocycles. The first kappa shape index (κ1) is 6.88. The zero-order chi connectivity index (χ0) is 7.56. The summed E-state index contributed by atoms with van der Waals surface area (Å²) in [6.45, 7) is 0. The van der Waals surface area contributed by atoms with Gasteiger partial charge in [-0.3, -0.25) is 0 Å². The van der Waals surface area contributed by atoms with Crippen molar-refractivity contribution in [3.05, 3.63) is 23.9 Å². The van der Waals surface area contributed by atoms with Crippen LogP contribution in [0.4, 0.5) is 14.6 Å². The third-order valence-electron chi connectivity index (χ3n) is 0.945. The van der Waals surface area contributed by atoms with Crippen molar-refractivity contribution in [2.45, 2.75) is 0 Å². The van der Waals surface area contributed by atoms with E-state index < -0.39 is 11.6 Å². The molecule has 0 amide bonds. The van der Waals surface area contributed by atoms with Crippen molar-refractivity contribution in [1.29, 1.82) is 0 Å². The van der Waals surface area contributed by atoms with E-state index >= 15 is 0 Å². The van der Waals surface area contributed by atoms with Crippen LogP contribution >= 0.6 is 0 Å². The highest BCUT2D eigenvalue weighted by atomic mass is 19.1. The molecule has 1 aromatic rings. The highest BCUT2D eigenvalue weighted by molar-refractivity contribution is 5.33. The first-order valence-electron chi connectivity index (χ1n) is 2.51. The summed E-state index contributed by atoms with van der Waals surface area (Å²) >= 11 is 0. The number of halogens is 2. The largest absolute Gasteiger partial charge is 0.306 e. The Kier molecular flexibility index (Phi) is 1.77. The van der Waals surface area contributed by atoms with E-state index in [1.165, 1.54) is 0 Å². The topological polar surface area (TPSA) is 50.9 Å². The van der Waals surface area contributed by atoms with Gasteiger partial charge in [-0.1, -0.05) is 0 Å². The molecule has 3 N–H and O–H groups in total. The van der Waals surface area contributed by atoms with Crippen molar-refractivity contribution in [3.63, 3.8) is 0 Å². The molecule has 0 unspecified atom stereocenters. The van der Waals surface area contributed by atoms with Crippen LogP contribution in [0.2, 0.25) is 0 Å². The summed E-state index contributed by atoms with van der Waals surface area (Å²) in [5, 5.41) is 0. The van der Waals surface area contributed by atoms with E-state index in [2.05, 4.69) is 4.98 Å². The number of pyridine rings is 1. The Bertz CT molecular complexity index is 238. The summed E-state index contributed by atoms with van der Waals surface area (Å²) < 4.78 is 24.5. The highest BCUT2D eigenvalue weighted by Gasteiger charge is 2.01. The lowest BCUT2D eigenvalue weighted by Crippen LogP contribution is -2.10. The van der Waals surface area contributed by atoms with E-state index in [0.717, 1.165) is 6.20 Å². The molecule has 0 fully saturated rings. The maximum absolute atomic E-state index is 12.4. The van der Waals surface area contributed by atoms with Gasteiger partial charge < -0.3 is 5.43 Å². The standard InChI is InChI=1S/C5H5F2N3/c6-3-1-4(7)5(10-8)9-2-3/h1-2H,8H2,(H,9,10). The first-order valence-corrected chi connectivity index (χ1v) is 2.51. The maximum atomic E-state index is 12.4. The molecule has 1 heterocycles. The molecule has 1 rings (SSSR count). The summed E-state index contributed by atoms with van der Waals surface area (Å²) in [5.41, 5.74) is 1.97. The van der Waals surface area contributed by atoms with Gasteiger partial charge in [0.15, 0.2) is 11.6 Å². The van der Waals surface area contributed by atoms with Crippen molar-refractivity contribution < 1.29 is 8.78 Å². The van der Waals surface area contributed by atoms with Crippen molar-refractivity contribution in [1.82, 2.24) is 4.98 Å². The molecule has 5 heteroatoms. The van der Waals surface area contributed by atoms with Gasteiger partial charge in [-0.15, -0.1) is 0 Å². The van der Waals surface area contributed by atoms with Crippen molar-refractivity contribution >= 4 is 5.82 Å². The number of hydrazine groups is 1. The van der Waals surface area contributed by atoms with Gasteiger partial charge in [-0.25, -0.2) is 19.6 Å². The fourth-order valence-corrected chi connectivity index (χ4v) is 0.521. The van der Waals surface area contributed by atoms with E-state index in [9.17, 15) is 8.78 Å². The van der Waals surface area contributed by atoms with Crippen LogP contribution in [0.5, 0.6) is 0 Å². The number of nitrogens with zero attached hydrogens (tertiary/aromatic N) is 1. The van der Waals surface area contributed by atoms with E-state index in [0.29, 0.717) is 6.07 Å². The molecule has 54 valence electrons. The lowest BCUT2D eigenvalue weighted by molar-refractivity contribution is 0.576. The van der Waals surface area contributed by atoms with Crippen LogP contribution in [0.3, 0.4) is 0 Å². The van der Waals surface area contributed by atoms with Gasteiger partial charge in [0.05, 0.1) is 6.20 Å².